The summed E-state index contributed by atoms with van der Waals surface area (Å²) in [5, 5.41) is 10.9. The molecule has 4 heteroatoms. The lowest BCUT2D eigenvalue weighted by atomic mass is 10.0. The molecule has 1 heterocycles. The highest BCUT2D eigenvalue weighted by Gasteiger charge is 2.20. The van der Waals surface area contributed by atoms with Crippen molar-refractivity contribution >= 4 is 27.5 Å². The SMILES string of the molecule is CC1CCCCN1CCC(O)c1ccc(Br)cc1Cl. The maximum absolute atomic E-state index is 10.3. The van der Waals surface area contributed by atoms with Gasteiger partial charge in [0.2, 0.25) is 0 Å². The molecule has 1 saturated heterocycles. The Morgan fingerprint density at radius 3 is 2.95 bits per heavy atom. The average Bonchev–Trinajstić information content (AvgIpc) is 2.37. The summed E-state index contributed by atoms with van der Waals surface area (Å²) >= 11 is 9.55. The zero-order chi connectivity index (χ0) is 13.8. The molecule has 1 aromatic rings. The molecule has 0 amide bonds. The molecular weight excluding hydrogens is 326 g/mol. The van der Waals surface area contributed by atoms with Gasteiger partial charge in [-0.1, -0.05) is 40.0 Å². The van der Waals surface area contributed by atoms with E-state index in [1.165, 1.54) is 19.3 Å². The summed E-state index contributed by atoms with van der Waals surface area (Å²) in [7, 11) is 0. The summed E-state index contributed by atoms with van der Waals surface area (Å²) in [6.07, 6.45) is 4.15. The van der Waals surface area contributed by atoms with Crippen LogP contribution in [0.4, 0.5) is 0 Å². The third kappa shape index (κ3) is 4.19. The summed E-state index contributed by atoms with van der Waals surface area (Å²) in [5.41, 5.74) is 0.828. The molecule has 0 spiro atoms. The largest absolute Gasteiger partial charge is 0.388 e. The van der Waals surface area contributed by atoms with Crippen LogP contribution >= 0.6 is 27.5 Å². The van der Waals surface area contributed by atoms with E-state index >= 15 is 0 Å². The second-order valence-electron chi connectivity index (χ2n) is 5.35. The highest BCUT2D eigenvalue weighted by molar-refractivity contribution is 9.10. The van der Waals surface area contributed by atoms with Crippen LogP contribution in [-0.2, 0) is 0 Å². The summed E-state index contributed by atoms with van der Waals surface area (Å²) in [4.78, 5) is 2.47. The lowest BCUT2D eigenvalue weighted by Gasteiger charge is -2.33. The first-order valence-electron chi connectivity index (χ1n) is 6.95. The van der Waals surface area contributed by atoms with Crippen LogP contribution in [0.3, 0.4) is 0 Å². The molecule has 1 aliphatic heterocycles. The van der Waals surface area contributed by atoms with Gasteiger partial charge in [0.25, 0.3) is 0 Å². The van der Waals surface area contributed by atoms with Crippen LogP contribution in [0.2, 0.25) is 5.02 Å². The topological polar surface area (TPSA) is 23.5 Å². The van der Waals surface area contributed by atoms with Crippen molar-refractivity contribution in [1.82, 2.24) is 4.90 Å². The minimum atomic E-state index is -0.477. The van der Waals surface area contributed by atoms with Crippen LogP contribution in [0, 0.1) is 0 Å². The van der Waals surface area contributed by atoms with Crippen molar-refractivity contribution in [2.24, 2.45) is 0 Å². The number of benzene rings is 1. The molecule has 1 N–H and O–H groups in total. The second-order valence-corrected chi connectivity index (χ2v) is 6.67. The van der Waals surface area contributed by atoms with Gasteiger partial charge in [0.05, 0.1) is 6.10 Å². The Kier molecular flexibility index (Phi) is 5.70. The molecule has 1 aliphatic rings. The Labute approximate surface area is 128 Å². The minimum absolute atomic E-state index is 0.477. The lowest BCUT2D eigenvalue weighted by Crippen LogP contribution is -2.38. The van der Waals surface area contributed by atoms with Crippen LogP contribution in [0.25, 0.3) is 0 Å². The van der Waals surface area contributed by atoms with Gasteiger partial charge >= 0.3 is 0 Å². The molecule has 106 valence electrons. The molecular formula is C15H21BrClNO. The Hall–Kier alpha value is -0.0900. The van der Waals surface area contributed by atoms with E-state index in [4.69, 9.17) is 11.6 Å². The molecule has 0 aliphatic carbocycles. The monoisotopic (exact) mass is 345 g/mol. The van der Waals surface area contributed by atoms with E-state index in [2.05, 4.69) is 27.8 Å². The number of aliphatic hydroxyl groups is 1. The van der Waals surface area contributed by atoms with E-state index in [9.17, 15) is 5.11 Å². The first-order chi connectivity index (χ1) is 9.08. The zero-order valence-electron chi connectivity index (χ0n) is 11.3. The Morgan fingerprint density at radius 1 is 1.47 bits per heavy atom. The average molecular weight is 347 g/mol. The number of rotatable bonds is 4. The van der Waals surface area contributed by atoms with Crippen molar-refractivity contribution in [3.05, 3.63) is 33.3 Å². The van der Waals surface area contributed by atoms with E-state index in [0.717, 1.165) is 29.5 Å². The van der Waals surface area contributed by atoms with Gasteiger partial charge in [-0.2, -0.15) is 0 Å². The van der Waals surface area contributed by atoms with E-state index in [0.29, 0.717) is 11.1 Å². The third-order valence-corrected chi connectivity index (χ3v) is 4.77. The predicted molar refractivity (Wildman–Crippen MR) is 83.6 cm³/mol. The van der Waals surface area contributed by atoms with Gasteiger partial charge in [0.15, 0.2) is 0 Å². The van der Waals surface area contributed by atoms with Crippen molar-refractivity contribution in [3.63, 3.8) is 0 Å². The number of aliphatic hydroxyl groups excluding tert-OH is 1. The first kappa shape index (κ1) is 15.3. The quantitative estimate of drug-likeness (QED) is 0.873. The number of halogens is 2. The van der Waals surface area contributed by atoms with Gasteiger partial charge in [-0.05, 0) is 50.4 Å². The van der Waals surface area contributed by atoms with Crippen molar-refractivity contribution in [3.8, 4) is 0 Å². The Bertz CT molecular complexity index is 427. The first-order valence-corrected chi connectivity index (χ1v) is 8.12. The highest BCUT2D eigenvalue weighted by Crippen LogP contribution is 2.29. The van der Waals surface area contributed by atoms with Gasteiger partial charge in [0, 0.05) is 22.1 Å². The molecule has 1 aromatic carbocycles. The van der Waals surface area contributed by atoms with Crippen LogP contribution in [0.1, 0.15) is 44.3 Å². The predicted octanol–water partition coefficient (Wildman–Crippen LogP) is 4.40. The van der Waals surface area contributed by atoms with Gasteiger partial charge in [-0.3, -0.25) is 0 Å². The van der Waals surface area contributed by atoms with E-state index in [-0.39, 0.29) is 0 Å². The summed E-state index contributed by atoms with van der Waals surface area (Å²) in [6.45, 7) is 4.37. The second kappa shape index (κ2) is 7.07. The zero-order valence-corrected chi connectivity index (χ0v) is 13.6. The van der Waals surface area contributed by atoms with Crippen molar-refractivity contribution in [2.75, 3.05) is 13.1 Å². The van der Waals surface area contributed by atoms with Gasteiger partial charge in [0.1, 0.15) is 0 Å². The van der Waals surface area contributed by atoms with Crippen LogP contribution in [-0.4, -0.2) is 29.1 Å². The van der Waals surface area contributed by atoms with Crippen molar-refractivity contribution in [2.45, 2.75) is 44.8 Å². The number of hydrogen-bond donors (Lipinski definition) is 1. The van der Waals surface area contributed by atoms with Gasteiger partial charge < -0.3 is 10.0 Å². The fraction of sp³-hybridized carbons (Fsp3) is 0.600. The maximum atomic E-state index is 10.3. The molecule has 0 radical (unpaired) electrons. The third-order valence-electron chi connectivity index (χ3n) is 3.95. The van der Waals surface area contributed by atoms with Crippen LogP contribution in [0.15, 0.2) is 22.7 Å². The maximum Gasteiger partial charge on any atom is 0.0816 e. The number of hydrogen-bond acceptors (Lipinski definition) is 2. The number of piperidine rings is 1. The fourth-order valence-corrected chi connectivity index (χ4v) is 3.50. The fourth-order valence-electron chi connectivity index (χ4n) is 2.71. The summed E-state index contributed by atoms with van der Waals surface area (Å²) < 4.78 is 0.943. The van der Waals surface area contributed by atoms with Gasteiger partial charge in [-0.25, -0.2) is 0 Å². The molecule has 2 unspecified atom stereocenters. The molecule has 0 bridgehead atoms. The Morgan fingerprint density at radius 2 is 2.26 bits per heavy atom. The molecule has 0 saturated carbocycles. The van der Waals surface area contributed by atoms with Crippen molar-refractivity contribution in [1.29, 1.82) is 0 Å². The standard InChI is InChI=1S/C15H21BrClNO/c1-11-4-2-3-8-18(11)9-7-15(19)13-6-5-12(16)10-14(13)17/h5-6,10-11,15,19H,2-4,7-9H2,1H3. The number of likely N-dealkylation sites (tertiary alicyclic amines) is 1. The van der Waals surface area contributed by atoms with E-state index in [1.54, 1.807) is 0 Å². The Balaban J connectivity index is 1.91. The summed E-state index contributed by atoms with van der Waals surface area (Å²) in [5.74, 6) is 0. The molecule has 19 heavy (non-hydrogen) atoms. The van der Waals surface area contributed by atoms with Crippen LogP contribution in [0.5, 0.6) is 0 Å². The highest BCUT2D eigenvalue weighted by atomic mass is 79.9. The number of nitrogens with zero attached hydrogens (tertiary/aromatic N) is 1. The van der Waals surface area contributed by atoms with E-state index in [1.807, 2.05) is 18.2 Å². The van der Waals surface area contributed by atoms with Crippen LogP contribution < -0.4 is 0 Å². The molecule has 0 aromatic heterocycles. The van der Waals surface area contributed by atoms with Gasteiger partial charge in [-0.15, -0.1) is 0 Å². The minimum Gasteiger partial charge on any atom is -0.388 e. The molecule has 1 fully saturated rings. The lowest BCUT2D eigenvalue weighted by molar-refractivity contribution is 0.109. The summed E-state index contributed by atoms with van der Waals surface area (Å²) in [6, 6.07) is 6.30. The van der Waals surface area contributed by atoms with E-state index < -0.39 is 6.10 Å². The molecule has 2 rings (SSSR count). The smallest absolute Gasteiger partial charge is 0.0816 e. The molecule has 2 atom stereocenters. The van der Waals surface area contributed by atoms with Crippen molar-refractivity contribution < 1.29 is 5.11 Å². The molecule has 2 nitrogen and oxygen atoms in total. The normalized spacial score (nSPS) is 22.4.